The summed E-state index contributed by atoms with van der Waals surface area (Å²) in [6.07, 6.45) is 3.09. The number of para-hydroxylation sites is 1. The number of benzene rings is 1. The number of amides is 3. The van der Waals surface area contributed by atoms with Gasteiger partial charge in [0.05, 0.1) is 25.3 Å². The first kappa shape index (κ1) is 32.9. The van der Waals surface area contributed by atoms with Crippen LogP contribution in [0.4, 0.5) is 4.79 Å². The molecule has 3 fully saturated rings. The van der Waals surface area contributed by atoms with Crippen LogP contribution in [0, 0.1) is 0 Å². The van der Waals surface area contributed by atoms with E-state index >= 15 is 0 Å². The molecular formula is C33H48N6O6. The second kappa shape index (κ2) is 14.3. The normalized spacial score (nSPS) is 24.1. The number of aliphatic hydroxyl groups is 1. The zero-order valence-electron chi connectivity index (χ0n) is 26.9. The molecule has 0 aliphatic carbocycles. The highest BCUT2D eigenvalue weighted by Gasteiger charge is 2.42. The number of nitrogens with one attached hydrogen (secondary N) is 2. The number of rotatable bonds is 11. The lowest BCUT2D eigenvalue weighted by Crippen LogP contribution is -2.54. The zero-order chi connectivity index (χ0) is 32.2. The van der Waals surface area contributed by atoms with Crippen molar-refractivity contribution in [3.8, 4) is 0 Å². The molecule has 3 aliphatic rings. The minimum absolute atomic E-state index is 0.0395. The molecule has 12 nitrogen and oxygen atoms in total. The van der Waals surface area contributed by atoms with Gasteiger partial charge in [-0.2, -0.15) is 0 Å². The number of aromatic nitrogens is 1. The van der Waals surface area contributed by atoms with Crippen LogP contribution in [0.25, 0.3) is 10.9 Å². The first-order valence-electron chi connectivity index (χ1n) is 16.2. The number of methoxy groups -OCH3 is 1. The minimum atomic E-state index is -0.754. The molecule has 12 heteroatoms. The Morgan fingerprint density at radius 2 is 1.78 bits per heavy atom. The average molecular weight is 625 g/mol. The second-order valence-electron chi connectivity index (χ2n) is 13.2. The van der Waals surface area contributed by atoms with Crippen LogP contribution in [-0.2, 0) is 9.53 Å². The third-order valence-corrected chi connectivity index (χ3v) is 9.58. The number of piperidine rings is 1. The number of aliphatic hydroxyl groups excluding tert-OH is 1. The van der Waals surface area contributed by atoms with Crippen LogP contribution >= 0.6 is 0 Å². The van der Waals surface area contributed by atoms with Crippen molar-refractivity contribution < 1.29 is 24.2 Å². The van der Waals surface area contributed by atoms with Gasteiger partial charge in [-0.05, 0) is 63.5 Å². The van der Waals surface area contributed by atoms with Gasteiger partial charge in [0, 0.05) is 69.9 Å². The van der Waals surface area contributed by atoms with Gasteiger partial charge in [0.2, 0.25) is 5.91 Å². The molecule has 3 N–H and O–H groups in total. The van der Waals surface area contributed by atoms with Crippen LogP contribution in [0.1, 0.15) is 69.3 Å². The van der Waals surface area contributed by atoms with E-state index < -0.39 is 12.2 Å². The van der Waals surface area contributed by atoms with Gasteiger partial charge in [-0.25, -0.2) is 4.79 Å². The van der Waals surface area contributed by atoms with Crippen LogP contribution in [0.15, 0.2) is 35.1 Å². The van der Waals surface area contributed by atoms with Gasteiger partial charge >= 0.3 is 6.09 Å². The highest BCUT2D eigenvalue weighted by molar-refractivity contribution is 5.97. The molecule has 4 atom stereocenters. The first-order chi connectivity index (χ1) is 21.5. The van der Waals surface area contributed by atoms with Crippen molar-refractivity contribution in [2.75, 3.05) is 46.4 Å². The molecule has 0 spiro atoms. The van der Waals surface area contributed by atoms with Crippen LogP contribution < -0.4 is 16.2 Å². The first-order valence-corrected chi connectivity index (χ1v) is 16.2. The number of ether oxygens (including phenoxy) is 1. The van der Waals surface area contributed by atoms with Crippen LogP contribution in [0.2, 0.25) is 0 Å². The lowest BCUT2D eigenvalue weighted by atomic mass is 9.96. The highest BCUT2D eigenvalue weighted by Crippen LogP contribution is 2.36. The van der Waals surface area contributed by atoms with Crippen molar-refractivity contribution in [3.05, 3.63) is 46.2 Å². The summed E-state index contributed by atoms with van der Waals surface area (Å²) in [5.41, 5.74) is 0.698. The molecule has 3 aliphatic heterocycles. The fourth-order valence-electron chi connectivity index (χ4n) is 7.56. The lowest BCUT2D eigenvalue weighted by molar-refractivity contribution is -0.119. The molecule has 246 valence electrons. The van der Waals surface area contributed by atoms with E-state index in [0.29, 0.717) is 19.6 Å². The lowest BCUT2D eigenvalue weighted by Gasteiger charge is -2.40. The number of pyridine rings is 1. The molecule has 0 saturated carbocycles. The Morgan fingerprint density at radius 3 is 2.44 bits per heavy atom. The van der Waals surface area contributed by atoms with Gasteiger partial charge in [0.25, 0.3) is 11.5 Å². The molecular weight excluding hydrogens is 576 g/mol. The number of carbonyl (C=O) groups is 3. The maximum absolute atomic E-state index is 13.4. The molecule has 1 unspecified atom stereocenters. The molecule has 2 aromatic rings. The number of hydrogen-bond acceptors (Lipinski definition) is 8. The van der Waals surface area contributed by atoms with E-state index in [2.05, 4.69) is 20.4 Å². The highest BCUT2D eigenvalue weighted by atomic mass is 16.5. The summed E-state index contributed by atoms with van der Waals surface area (Å²) in [6.45, 7) is 8.63. The Hall–Kier alpha value is -3.48. The van der Waals surface area contributed by atoms with Crippen molar-refractivity contribution >= 4 is 28.8 Å². The Labute approximate surface area is 264 Å². The van der Waals surface area contributed by atoms with Crippen molar-refractivity contribution in [2.24, 2.45) is 0 Å². The summed E-state index contributed by atoms with van der Waals surface area (Å²) in [5, 5.41) is 18.1. The third-order valence-electron chi connectivity index (χ3n) is 9.58. The molecule has 1 aromatic carbocycles. The van der Waals surface area contributed by atoms with Gasteiger partial charge in [-0.15, -0.1) is 0 Å². The molecule has 45 heavy (non-hydrogen) atoms. The fraction of sp³-hybridized carbons (Fsp3) is 0.636. The number of hydrogen-bond donors (Lipinski definition) is 3. The second-order valence-corrected chi connectivity index (χ2v) is 13.2. The zero-order valence-corrected chi connectivity index (χ0v) is 26.9. The van der Waals surface area contributed by atoms with E-state index in [0.717, 1.165) is 56.1 Å². The van der Waals surface area contributed by atoms with Crippen molar-refractivity contribution in [2.45, 2.75) is 89.2 Å². The van der Waals surface area contributed by atoms with E-state index in [9.17, 15) is 24.3 Å². The third kappa shape index (κ3) is 7.67. The van der Waals surface area contributed by atoms with Crippen molar-refractivity contribution in [1.82, 2.24) is 29.9 Å². The number of likely N-dealkylation sites (tertiary alicyclic amines) is 1. The van der Waals surface area contributed by atoms with E-state index in [1.165, 1.54) is 14.0 Å². The summed E-state index contributed by atoms with van der Waals surface area (Å²) >= 11 is 0. The van der Waals surface area contributed by atoms with Crippen molar-refractivity contribution in [1.29, 1.82) is 0 Å². The number of carbonyl (C=O) groups excluding carboxylic acids is 3. The number of nitrogens with zero attached hydrogens (tertiary/aromatic N) is 4. The van der Waals surface area contributed by atoms with E-state index in [1.807, 2.05) is 38.1 Å². The van der Waals surface area contributed by atoms with Crippen LogP contribution in [0.3, 0.4) is 0 Å². The summed E-state index contributed by atoms with van der Waals surface area (Å²) in [5.74, 6) is -0.379. The molecule has 2 bridgehead atoms. The molecule has 0 radical (unpaired) electrons. The van der Waals surface area contributed by atoms with Gasteiger partial charge < -0.3 is 29.9 Å². The number of fused-ring (bicyclic) bond motifs is 3. The Balaban J connectivity index is 1.16. The van der Waals surface area contributed by atoms with Crippen LogP contribution in [0.5, 0.6) is 0 Å². The van der Waals surface area contributed by atoms with Gasteiger partial charge in [0.1, 0.15) is 5.56 Å². The van der Waals surface area contributed by atoms with E-state index in [-0.39, 0.29) is 59.7 Å². The Kier molecular flexibility index (Phi) is 10.5. The average Bonchev–Trinajstić information content (AvgIpc) is 3.52. The summed E-state index contributed by atoms with van der Waals surface area (Å²) in [6, 6.07) is 9.71. The summed E-state index contributed by atoms with van der Waals surface area (Å²) in [4.78, 5) is 56.8. The topological polar surface area (TPSA) is 136 Å². The minimum Gasteiger partial charge on any atom is -0.453 e. The molecule has 1 aromatic heterocycles. The van der Waals surface area contributed by atoms with E-state index in [1.54, 1.807) is 15.5 Å². The smallest absolute Gasteiger partial charge is 0.409 e. The van der Waals surface area contributed by atoms with Crippen molar-refractivity contribution in [3.63, 3.8) is 0 Å². The van der Waals surface area contributed by atoms with E-state index in [4.69, 9.17) is 4.74 Å². The molecule has 5 rings (SSSR count). The quantitative estimate of drug-likeness (QED) is 0.345. The molecule has 3 amide bonds. The van der Waals surface area contributed by atoms with Crippen LogP contribution in [-0.4, -0.2) is 119 Å². The predicted molar refractivity (Wildman–Crippen MR) is 171 cm³/mol. The predicted octanol–water partition coefficient (Wildman–Crippen LogP) is 1.95. The van der Waals surface area contributed by atoms with Gasteiger partial charge in [-0.3, -0.25) is 24.2 Å². The Morgan fingerprint density at radius 1 is 1.07 bits per heavy atom. The summed E-state index contributed by atoms with van der Waals surface area (Å²) in [7, 11) is 1.35. The monoisotopic (exact) mass is 624 g/mol. The molecule has 4 heterocycles. The van der Waals surface area contributed by atoms with Gasteiger partial charge in [-0.1, -0.05) is 18.2 Å². The fourth-order valence-corrected chi connectivity index (χ4v) is 7.56. The SMILES string of the molecule is COC(=O)N(CCN1CC[C@@H](NC(C)=O)C1)CC(O)CN1[C@H]2CC[C@H]1CC(NC(=O)c1cc3ccccc3n(C(C)C)c1=O)C2. The standard InChI is InChI=1S/C33H48N6O6/c1-21(2)39-30-8-6-5-7-23(30)15-29(32(39)43)31(42)35-25-16-26-9-10-27(17-25)38(26)20-28(41)19-37(33(44)45-4)14-13-36-12-11-24(18-36)34-22(3)40/h5-8,15,21,24-28,41H,9-14,16-20H2,1-4H3,(H,34,40)(H,35,42)/t24-,26+,27+,28?/m1/s1. The molecule has 3 saturated heterocycles. The largest absolute Gasteiger partial charge is 0.453 e. The summed E-state index contributed by atoms with van der Waals surface area (Å²) < 4.78 is 6.69. The van der Waals surface area contributed by atoms with Gasteiger partial charge in [0.15, 0.2) is 0 Å². The maximum Gasteiger partial charge on any atom is 0.409 e. The Bertz CT molecular complexity index is 1430. The maximum atomic E-state index is 13.4.